The predicted octanol–water partition coefficient (Wildman–Crippen LogP) is 5.01. The van der Waals surface area contributed by atoms with E-state index in [2.05, 4.69) is 31.6 Å². The van der Waals surface area contributed by atoms with Gasteiger partial charge < -0.3 is 5.11 Å². The molecule has 0 atom stereocenters. The third-order valence-electron chi connectivity index (χ3n) is 4.08. The van der Waals surface area contributed by atoms with Gasteiger partial charge in [-0.2, -0.15) is 10.2 Å². The van der Waals surface area contributed by atoms with E-state index in [1.807, 2.05) is 61.4 Å². The highest BCUT2D eigenvalue weighted by Crippen LogP contribution is 2.19. The van der Waals surface area contributed by atoms with Crippen molar-refractivity contribution in [1.29, 1.82) is 0 Å². The topological polar surface area (TPSA) is 72.9 Å². The summed E-state index contributed by atoms with van der Waals surface area (Å²) in [6, 6.07) is 11.9. The summed E-state index contributed by atoms with van der Waals surface area (Å²) in [7, 11) is 10.2. The van der Waals surface area contributed by atoms with Crippen LogP contribution in [0.3, 0.4) is 0 Å². The van der Waals surface area contributed by atoms with Gasteiger partial charge >= 0.3 is 0 Å². The molecule has 164 valence electrons. The highest BCUT2D eigenvalue weighted by molar-refractivity contribution is 8.26. The molecule has 0 saturated heterocycles. The number of fused-ring (bicyclic) bond motifs is 2. The van der Waals surface area contributed by atoms with E-state index in [0.717, 1.165) is 32.9 Å². The normalized spacial score (nSPS) is 10.5. The predicted molar refractivity (Wildman–Crippen MR) is 124 cm³/mol. The number of aromatic nitrogens is 4. The molecule has 6 nitrogen and oxygen atoms in total. The van der Waals surface area contributed by atoms with Gasteiger partial charge in [-0.3, -0.25) is 13.8 Å². The van der Waals surface area contributed by atoms with Gasteiger partial charge in [0.05, 0.1) is 38.6 Å². The molecule has 0 saturated carbocycles. The van der Waals surface area contributed by atoms with Gasteiger partial charge in [-0.15, -0.1) is 11.6 Å². The van der Waals surface area contributed by atoms with Crippen LogP contribution in [0.5, 0.6) is 0 Å². The highest BCUT2D eigenvalue weighted by atomic mass is 36.0. The van der Waals surface area contributed by atoms with Crippen LogP contribution in [-0.4, -0.2) is 36.0 Å². The number of hydrogen-bond donors (Lipinski definition) is 1. The quantitative estimate of drug-likeness (QED) is 0.313. The Balaban J connectivity index is 0.000000240. The molecule has 0 bridgehead atoms. The first-order valence-electron chi connectivity index (χ1n) is 9.06. The lowest BCUT2D eigenvalue weighted by Gasteiger charge is -1.97. The van der Waals surface area contributed by atoms with Crippen molar-refractivity contribution >= 4 is 64.0 Å². The maximum absolute atomic E-state index is 9.96. The molecule has 0 amide bonds. The lowest BCUT2D eigenvalue weighted by molar-refractivity contribution is 0.283. The van der Waals surface area contributed by atoms with Crippen LogP contribution >= 0.6 is 33.0 Å². The van der Waals surface area contributed by atoms with E-state index in [4.69, 9.17) is 22.3 Å². The average Bonchev–Trinajstić information content (AvgIpc) is 3.32. The van der Waals surface area contributed by atoms with Crippen LogP contribution in [0, 0.1) is 0 Å². The third kappa shape index (κ3) is 7.21. The molecule has 1 N–H and O–H groups in total. The number of halogens is 4. The Morgan fingerprint density at radius 2 is 1.43 bits per heavy atom. The van der Waals surface area contributed by atoms with Gasteiger partial charge in [0.15, 0.2) is 0 Å². The minimum atomic E-state index is -1.67. The molecule has 0 radical (unpaired) electrons. The summed E-state index contributed by atoms with van der Waals surface area (Å²) in [4.78, 5) is 0. The maximum atomic E-state index is 9.96. The van der Waals surface area contributed by atoms with Crippen molar-refractivity contribution < 1.29 is 15.1 Å². The first-order chi connectivity index (χ1) is 14.8. The van der Waals surface area contributed by atoms with Gasteiger partial charge in [0, 0.05) is 52.1 Å². The lowest BCUT2D eigenvalue weighted by Crippen LogP contribution is -1.89. The molecule has 0 fully saturated rings. The van der Waals surface area contributed by atoms with E-state index < -0.39 is 16.4 Å². The Bertz CT molecular complexity index is 1030. The zero-order chi connectivity index (χ0) is 23.4. The number of aliphatic hydroxyl groups excluding tert-OH is 1. The molecular formula is C19H22Cl3FN4O2S. The van der Waals surface area contributed by atoms with Crippen LogP contribution in [0.15, 0.2) is 48.8 Å². The molecule has 0 aliphatic carbocycles. The van der Waals surface area contributed by atoms with Gasteiger partial charge in [-0.05, 0) is 23.3 Å². The van der Waals surface area contributed by atoms with Crippen molar-refractivity contribution in [3.8, 4) is 0 Å². The second-order valence-electron chi connectivity index (χ2n) is 5.71. The number of alkyl halides is 2. The minimum absolute atomic E-state index is 0.0725. The summed E-state index contributed by atoms with van der Waals surface area (Å²) in [5, 5.41) is 19.5. The van der Waals surface area contributed by atoms with Crippen LogP contribution < -0.4 is 0 Å². The van der Waals surface area contributed by atoms with Crippen LogP contribution in [0.4, 0.5) is 4.39 Å². The third-order valence-corrected chi connectivity index (χ3v) is 4.37. The fraction of sp³-hybridized carbons (Fsp3) is 0.263. The molecular weight excluding hydrogens is 474 g/mol. The number of rotatable bonds is 2. The molecule has 0 spiro atoms. The van der Waals surface area contributed by atoms with Gasteiger partial charge in [-0.1, -0.05) is 24.3 Å². The number of aryl methyl sites for hydroxylation is 2. The fourth-order valence-corrected chi connectivity index (χ4v) is 2.96. The van der Waals surface area contributed by atoms with Crippen molar-refractivity contribution in [1.82, 2.24) is 19.6 Å². The number of aliphatic hydroxyl groups is 1. The Morgan fingerprint density at radius 3 is 1.83 bits per heavy atom. The Labute approximate surface area is 192 Å². The lowest BCUT2D eigenvalue weighted by atomic mass is 10.1. The standard InChI is InChI=1S/C9H9ClN2.C9H10N2O.CH3F.Cl2OS/c1-12-9-4-2-3-7(5-10)8(9)6-11-12;1-11-9-4-2-3-7(6-12)8(9)5-10-11;1-2;1-4(2)3/h2-4,6H,5H2,1H3;2-5,12H,6H2,1H3;1H3;/i;;1D;. The van der Waals surface area contributed by atoms with Crippen molar-refractivity contribution in [3.63, 3.8) is 0 Å². The first kappa shape index (κ1) is 24.6. The van der Waals surface area contributed by atoms with Crippen LogP contribution in [0.2, 0.25) is 0 Å². The Kier molecular flexibility index (Phi) is 11.1. The largest absolute Gasteiger partial charge is 0.392 e. The van der Waals surface area contributed by atoms with Crippen molar-refractivity contribution in [2.75, 3.05) is 7.15 Å². The van der Waals surface area contributed by atoms with Crippen molar-refractivity contribution in [2.45, 2.75) is 12.5 Å². The summed E-state index contributed by atoms with van der Waals surface area (Å²) in [5.41, 5.74) is 4.26. The van der Waals surface area contributed by atoms with Crippen LogP contribution in [-0.2, 0) is 35.8 Å². The molecule has 4 aromatic rings. The van der Waals surface area contributed by atoms with E-state index >= 15 is 0 Å². The smallest absolute Gasteiger partial charge is 0.211 e. The monoisotopic (exact) mass is 495 g/mol. The van der Waals surface area contributed by atoms with Gasteiger partial charge in [0.25, 0.3) is 0 Å². The Hall–Kier alpha value is -1.71. The summed E-state index contributed by atoms with van der Waals surface area (Å²) >= 11 is 5.78. The molecule has 2 heterocycles. The molecule has 11 heteroatoms. The zero-order valence-corrected chi connectivity index (χ0v) is 19.4. The fourth-order valence-electron chi connectivity index (χ4n) is 2.73. The maximum Gasteiger partial charge on any atom is 0.211 e. The molecule has 30 heavy (non-hydrogen) atoms. The first-order valence-corrected chi connectivity index (χ1v) is 11.7. The summed E-state index contributed by atoms with van der Waals surface area (Å²) in [6.07, 6.45) is 3.63. The van der Waals surface area contributed by atoms with E-state index in [-0.39, 0.29) is 6.61 Å². The molecule has 4 rings (SSSR count). The van der Waals surface area contributed by atoms with Crippen molar-refractivity contribution in [3.05, 3.63) is 59.9 Å². The van der Waals surface area contributed by atoms with Gasteiger partial charge in [-0.25, -0.2) is 4.21 Å². The summed E-state index contributed by atoms with van der Waals surface area (Å²) < 4.78 is 28.2. The SMILES string of the molecule is Cn1ncc2c(CCl)cccc21.Cn1ncc2c(CO)cccc21.O=S(Cl)Cl.[2H]CF. The summed E-state index contributed by atoms with van der Waals surface area (Å²) in [5.74, 6) is 0.545. The number of benzene rings is 2. The molecule has 2 aromatic heterocycles. The van der Waals surface area contributed by atoms with E-state index in [0.29, 0.717) is 5.88 Å². The molecule has 2 aromatic carbocycles. The number of nitrogens with zero attached hydrogens (tertiary/aromatic N) is 4. The second-order valence-corrected chi connectivity index (χ2v) is 8.50. The average molecular weight is 497 g/mol. The molecule has 0 aliphatic heterocycles. The van der Waals surface area contributed by atoms with Gasteiger partial charge in [0.2, 0.25) is 9.23 Å². The minimum Gasteiger partial charge on any atom is -0.392 e. The van der Waals surface area contributed by atoms with Gasteiger partial charge in [0.1, 0.15) is 0 Å². The van der Waals surface area contributed by atoms with E-state index in [9.17, 15) is 4.39 Å². The van der Waals surface area contributed by atoms with Crippen LogP contribution in [0.1, 0.15) is 12.5 Å². The zero-order valence-electron chi connectivity index (χ0n) is 17.3. The van der Waals surface area contributed by atoms with E-state index in [1.165, 1.54) is 0 Å². The van der Waals surface area contributed by atoms with E-state index in [1.54, 1.807) is 10.9 Å². The number of hydrogen-bond acceptors (Lipinski definition) is 4. The Morgan fingerprint density at radius 1 is 1.03 bits per heavy atom. The molecule has 0 unspecified atom stereocenters. The molecule has 0 aliphatic rings. The van der Waals surface area contributed by atoms with Crippen molar-refractivity contribution in [2.24, 2.45) is 14.1 Å². The highest BCUT2D eigenvalue weighted by Gasteiger charge is 2.03. The summed E-state index contributed by atoms with van der Waals surface area (Å²) in [6.45, 7) is 0.0725. The van der Waals surface area contributed by atoms with Crippen LogP contribution in [0.25, 0.3) is 21.8 Å². The second kappa shape index (κ2) is 13.6.